The monoisotopic (exact) mass is 517 g/mol. The van der Waals surface area contributed by atoms with Crippen molar-refractivity contribution in [2.24, 2.45) is 0 Å². The van der Waals surface area contributed by atoms with E-state index >= 15 is 0 Å². The third-order valence-electron chi connectivity index (χ3n) is 6.90. The van der Waals surface area contributed by atoms with E-state index < -0.39 is 0 Å². The Labute approximate surface area is 231 Å². The van der Waals surface area contributed by atoms with Gasteiger partial charge in [0.05, 0.1) is 5.56 Å². The predicted molar refractivity (Wildman–Crippen MR) is 158 cm³/mol. The molecule has 5 rings (SSSR count). The lowest BCUT2D eigenvalue weighted by Gasteiger charge is -2.24. The molecule has 1 atom stereocenters. The Morgan fingerprint density at radius 2 is 1.31 bits per heavy atom. The molecule has 0 spiro atoms. The summed E-state index contributed by atoms with van der Waals surface area (Å²) in [6.07, 6.45) is 3.13. The van der Waals surface area contributed by atoms with Crippen LogP contribution in [-0.2, 0) is 6.42 Å². The molecule has 0 amide bonds. The van der Waals surface area contributed by atoms with E-state index in [2.05, 4.69) is 55.6 Å². The summed E-state index contributed by atoms with van der Waals surface area (Å²) in [5.41, 5.74) is 7.99. The van der Waals surface area contributed by atoms with Crippen molar-refractivity contribution in [3.05, 3.63) is 131 Å². The third kappa shape index (κ3) is 6.47. The van der Waals surface area contributed by atoms with Crippen LogP contribution in [0.4, 0.5) is 0 Å². The van der Waals surface area contributed by atoms with Crippen molar-refractivity contribution in [2.45, 2.75) is 52.3 Å². The zero-order valence-corrected chi connectivity index (χ0v) is 22.8. The molecular formula is C35H35NO3. The Morgan fingerprint density at radius 3 is 1.97 bits per heavy atom. The normalized spacial score (nSPS) is 14.9. The van der Waals surface area contributed by atoms with Crippen LogP contribution < -0.4 is 14.8 Å². The maximum atomic E-state index is 12.6. The number of nitrogens with one attached hydrogen (secondary N) is 1. The minimum Gasteiger partial charge on any atom is -0.476 e. The van der Waals surface area contributed by atoms with Crippen LogP contribution in [0.2, 0.25) is 0 Å². The molecule has 1 N–H and O–H groups in total. The molecule has 4 nitrogen and oxygen atoms in total. The fourth-order valence-electron chi connectivity index (χ4n) is 5.24. The van der Waals surface area contributed by atoms with E-state index in [0.29, 0.717) is 17.4 Å². The third-order valence-corrected chi connectivity index (χ3v) is 6.90. The zero-order chi connectivity index (χ0) is 27.2. The van der Waals surface area contributed by atoms with Crippen LogP contribution in [0.15, 0.2) is 103 Å². The van der Waals surface area contributed by atoms with E-state index in [1.807, 2.05) is 61.5 Å². The zero-order valence-electron chi connectivity index (χ0n) is 22.8. The average Bonchev–Trinajstić information content (AvgIpc) is 2.95. The molecule has 0 aliphatic heterocycles. The summed E-state index contributed by atoms with van der Waals surface area (Å²) in [5, 5.41) is 3.38. The minimum absolute atomic E-state index is 0.0787. The molecule has 0 radical (unpaired) electrons. The smallest absolute Gasteiger partial charge is 0.343 e. The first kappa shape index (κ1) is 26.5. The molecule has 1 unspecified atom stereocenters. The van der Waals surface area contributed by atoms with Gasteiger partial charge in [-0.25, -0.2) is 4.79 Å². The van der Waals surface area contributed by atoms with E-state index in [1.165, 1.54) is 22.3 Å². The van der Waals surface area contributed by atoms with Gasteiger partial charge < -0.3 is 9.47 Å². The van der Waals surface area contributed by atoms with Gasteiger partial charge in [0, 0.05) is 6.04 Å². The summed E-state index contributed by atoms with van der Waals surface area (Å²) >= 11 is 0. The van der Waals surface area contributed by atoms with Crippen LogP contribution >= 0.6 is 0 Å². The summed E-state index contributed by atoms with van der Waals surface area (Å²) in [6.45, 7) is 6.24. The number of allylic oxidation sites excluding steroid dienone is 1. The molecule has 4 aromatic carbocycles. The number of rotatable bonds is 8. The standard InChI is InChI=1S/C35H35NO3/c1-24(2)36-25(3)38-30-20-16-27(17-21-30)34(33-15-9-13-26-10-7-8-14-32(26)33)28-18-22-31(23-19-28)39-35(37)29-11-5-4-6-12-29/h4-8,10-12,14,16-25,36H,9,13,15H2,1-3H3. The number of carbonyl (C=O) groups is 1. The highest BCUT2D eigenvalue weighted by Crippen LogP contribution is 2.40. The van der Waals surface area contributed by atoms with Gasteiger partial charge in [-0.15, -0.1) is 0 Å². The van der Waals surface area contributed by atoms with Gasteiger partial charge in [-0.05, 0) is 110 Å². The van der Waals surface area contributed by atoms with Gasteiger partial charge in [-0.1, -0.05) is 66.7 Å². The first-order valence-electron chi connectivity index (χ1n) is 13.7. The summed E-state index contributed by atoms with van der Waals surface area (Å²) in [5.74, 6) is 0.993. The summed E-state index contributed by atoms with van der Waals surface area (Å²) in [6, 6.07) is 34.3. The Kier molecular flexibility index (Phi) is 8.24. The van der Waals surface area contributed by atoms with Crippen molar-refractivity contribution < 1.29 is 14.3 Å². The first-order valence-corrected chi connectivity index (χ1v) is 13.7. The van der Waals surface area contributed by atoms with Gasteiger partial charge in [0.15, 0.2) is 0 Å². The van der Waals surface area contributed by atoms with Gasteiger partial charge in [0.25, 0.3) is 0 Å². The molecule has 1 aliphatic rings. The largest absolute Gasteiger partial charge is 0.476 e. The number of aryl methyl sites for hydroxylation is 1. The first-order chi connectivity index (χ1) is 19.0. The van der Waals surface area contributed by atoms with E-state index in [-0.39, 0.29) is 12.2 Å². The van der Waals surface area contributed by atoms with Crippen molar-refractivity contribution in [3.8, 4) is 11.5 Å². The Hall–Kier alpha value is -4.15. The van der Waals surface area contributed by atoms with Crippen molar-refractivity contribution in [1.82, 2.24) is 5.32 Å². The van der Waals surface area contributed by atoms with Crippen molar-refractivity contribution in [1.29, 1.82) is 0 Å². The second kappa shape index (κ2) is 12.1. The van der Waals surface area contributed by atoms with Gasteiger partial charge in [-0.3, -0.25) is 5.32 Å². The van der Waals surface area contributed by atoms with Crippen LogP contribution in [-0.4, -0.2) is 18.2 Å². The second-order valence-electron chi connectivity index (χ2n) is 10.3. The highest BCUT2D eigenvalue weighted by molar-refractivity contribution is 5.99. The van der Waals surface area contributed by atoms with Gasteiger partial charge in [0.2, 0.25) is 0 Å². The average molecular weight is 518 g/mol. The van der Waals surface area contributed by atoms with Crippen LogP contribution in [0, 0.1) is 0 Å². The van der Waals surface area contributed by atoms with Gasteiger partial charge >= 0.3 is 5.97 Å². The highest BCUT2D eigenvalue weighted by atomic mass is 16.5. The number of benzene rings is 4. The maximum absolute atomic E-state index is 12.6. The van der Waals surface area contributed by atoms with Crippen LogP contribution in [0.3, 0.4) is 0 Å². The number of fused-ring (bicyclic) bond motifs is 1. The Balaban J connectivity index is 1.48. The Bertz CT molecular complexity index is 1440. The topological polar surface area (TPSA) is 47.6 Å². The number of esters is 1. The molecule has 0 fully saturated rings. The number of hydrogen-bond acceptors (Lipinski definition) is 4. The lowest BCUT2D eigenvalue weighted by Crippen LogP contribution is -2.36. The summed E-state index contributed by atoms with van der Waals surface area (Å²) in [4.78, 5) is 12.6. The molecular weight excluding hydrogens is 482 g/mol. The molecule has 4 aromatic rings. The molecule has 0 heterocycles. The molecule has 0 aromatic heterocycles. The SMILES string of the molecule is CC(C)NC(C)Oc1ccc(C(=C2CCCc3ccccc32)c2ccc(OC(=O)c3ccccc3)cc2)cc1. The maximum Gasteiger partial charge on any atom is 0.343 e. The van der Waals surface area contributed by atoms with Crippen molar-refractivity contribution >= 4 is 17.1 Å². The lowest BCUT2D eigenvalue weighted by molar-refractivity contribution is 0.0734. The lowest BCUT2D eigenvalue weighted by atomic mass is 9.81. The number of carbonyl (C=O) groups excluding carboxylic acids is 1. The van der Waals surface area contributed by atoms with Crippen molar-refractivity contribution in [3.63, 3.8) is 0 Å². The van der Waals surface area contributed by atoms with Gasteiger partial charge in [0.1, 0.15) is 17.7 Å². The van der Waals surface area contributed by atoms with Crippen LogP contribution in [0.1, 0.15) is 66.2 Å². The van der Waals surface area contributed by atoms with E-state index in [1.54, 1.807) is 12.1 Å². The molecule has 198 valence electrons. The molecule has 39 heavy (non-hydrogen) atoms. The van der Waals surface area contributed by atoms with E-state index in [9.17, 15) is 4.79 Å². The highest BCUT2D eigenvalue weighted by Gasteiger charge is 2.20. The minimum atomic E-state index is -0.361. The van der Waals surface area contributed by atoms with Crippen LogP contribution in [0.25, 0.3) is 11.1 Å². The molecule has 0 saturated heterocycles. The van der Waals surface area contributed by atoms with E-state index in [0.717, 1.165) is 36.1 Å². The Morgan fingerprint density at radius 1 is 0.692 bits per heavy atom. The molecule has 1 aliphatic carbocycles. The van der Waals surface area contributed by atoms with Crippen LogP contribution in [0.5, 0.6) is 11.5 Å². The van der Waals surface area contributed by atoms with Crippen molar-refractivity contribution in [2.75, 3.05) is 0 Å². The second-order valence-corrected chi connectivity index (χ2v) is 10.3. The summed E-state index contributed by atoms with van der Waals surface area (Å²) < 4.78 is 11.7. The predicted octanol–water partition coefficient (Wildman–Crippen LogP) is 7.92. The fourth-order valence-corrected chi connectivity index (χ4v) is 5.24. The van der Waals surface area contributed by atoms with Gasteiger partial charge in [-0.2, -0.15) is 0 Å². The van der Waals surface area contributed by atoms with E-state index in [4.69, 9.17) is 9.47 Å². The fraction of sp³-hybridized carbons (Fsp3) is 0.229. The molecule has 0 saturated carbocycles. The summed E-state index contributed by atoms with van der Waals surface area (Å²) in [7, 11) is 0. The molecule has 0 bridgehead atoms. The quantitative estimate of drug-likeness (QED) is 0.146. The molecule has 4 heteroatoms. The number of ether oxygens (including phenoxy) is 2. The number of hydrogen-bond donors (Lipinski definition) is 1.